The van der Waals surface area contributed by atoms with Gasteiger partial charge in [-0.15, -0.1) is 11.3 Å². The fourth-order valence-electron chi connectivity index (χ4n) is 2.19. The molecule has 1 aromatic heterocycles. The Bertz CT molecular complexity index is 959. The average Bonchev–Trinajstić information content (AvgIpc) is 3.12. The number of allylic oxidation sites excluding steroid dienone is 1. The van der Waals surface area contributed by atoms with Gasteiger partial charge in [0.25, 0.3) is 0 Å². The molecule has 4 nitrogen and oxygen atoms in total. The van der Waals surface area contributed by atoms with Crippen molar-refractivity contribution in [3.05, 3.63) is 69.6 Å². The Kier molecular flexibility index (Phi) is 5.49. The molecule has 0 aliphatic heterocycles. The third-order valence-corrected chi connectivity index (χ3v) is 4.80. The second-order valence-corrected chi connectivity index (χ2v) is 6.87. The van der Waals surface area contributed by atoms with Crippen molar-refractivity contribution in [3.63, 3.8) is 0 Å². The van der Waals surface area contributed by atoms with Crippen LogP contribution in [0.25, 0.3) is 16.8 Å². The summed E-state index contributed by atoms with van der Waals surface area (Å²) in [7, 11) is 1.62. The highest BCUT2D eigenvalue weighted by molar-refractivity contribution is 9.10. The lowest BCUT2D eigenvalue weighted by Crippen LogP contribution is -1.92. The average molecular weight is 412 g/mol. The minimum Gasteiger partial charge on any atom is -0.497 e. The van der Waals surface area contributed by atoms with Crippen molar-refractivity contribution in [1.29, 1.82) is 5.26 Å². The number of methoxy groups -OCH3 is 1. The van der Waals surface area contributed by atoms with Gasteiger partial charge in [-0.1, -0.05) is 34.1 Å². The van der Waals surface area contributed by atoms with Crippen molar-refractivity contribution >= 4 is 38.5 Å². The molecular formula is C19H14BrN3OS. The van der Waals surface area contributed by atoms with E-state index in [0.29, 0.717) is 10.6 Å². The molecule has 0 atom stereocenters. The third-order valence-electron chi connectivity index (χ3n) is 3.43. The van der Waals surface area contributed by atoms with E-state index < -0.39 is 0 Å². The minimum absolute atomic E-state index is 0.481. The van der Waals surface area contributed by atoms with Gasteiger partial charge < -0.3 is 10.1 Å². The summed E-state index contributed by atoms with van der Waals surface area (Å²) in [5.41, 5.74) is 3.18. The number of hydrogen-bond donors (Lipinski definition) is 1. The summed E-state index contributed by atoms with van der Waals surface area (Å²) < 4.78 is 6.19. The van der Waals surface area contributed by atoms with Crippen LogP contribution in [0.15, 0.2) is 64.6 Å². The van der Waals surface area contributed by atoms with E-state index >= 15 is 0 Å². The fraction of sp³-hybridized carbons (Fsp3) is 0.0526. The molecule has 6 heteroatoms. The van der Waals surface area contributed by atoms with Crippen LogP contribution in [0.4, 0.5) is 5.69 Å². The van der Waals surface area contributed by atoms with Crippen LogP contribution >= 0.6 is 27.3 Å². The molecule has 0 unspecified atom stereocenters. The Balaban J connectivity index is 1.82. The van der Waals surface area contributed by atoms with E-state index in [-0.39, 0.29) is 0 Å². The van der Waals surface area contributed by atoms with Crippen molar-refractivity contribution in [2.45, 2.75) is 0 Å². The molecule has 1 N–H and O–H groups in total. The summed E-state index contributed by atoms with van der Waals surface area (Å²) in [6.45, 7) is 0. The monoisotopic (exact) mass is 411 g/mol. The van der Waals surface area contributed by atoms with E-state index in [1.54, 1.807) is 13.3 Å². The highest BCUT2D eigenvalue weighted by atomic mass is 79.9. The summed E-state index contributed by atoms with van der Waals surface area (Å²) >= 11 is 4.91. The number of nitrogens with zero attached hydrogens (tertiary/aromatic N) is 2. The number of ether oxygens (including phenoxy) is 1. The Morgan fingerprint density at radius 3 is 2.88 bits per heavy atom. The SMILES string of the molecule is COc1cccc(N/C=C(\C#N)c2nc(-c3cccc(Br)c3)cs2)c1. The molecule has 0 spiro atoms. The quantitative estimate of drug-likeness (QED) is 0.558. The number of nitriles is 1. The Morgan fingerprint density at radius 1 is 1.28 bits per heavy atom. The van der Waals surface area contributed by atoms with Gasteiger partial charge in [0.15, 0.2) is 0 Å². The molecular weight excluding hydrogens is 398 g/mol. The first kappa shape index (κ1) is 17.2. The number of anilines is 1. The van der Waals surface area contributed by atoms with Crippen molar-refractivity contribution in [1.82, 2.24) is 4.98 Å². The van der Waals surface area contributed by atoms with Gasteiger partial charge in [0.05, 0.1) is 12.8 Å². The number of nitrogens with one attached hydrogen (secondary N) is 1. The maximum Gasteiger partial charge on any atom is 0.136 e. The normalized spacial score (nSPS) is 11.0. The zero-order valence-electron chi connectivity index (χ0n) is 13.4. The van der Waals surface area contributed by atoms with Gasteiger partial charge in [-0.25, -0.2) is 4.98 Å². The first-order valence-electron chi connectivity index (χ1n) is 7.42. The first-order chi connectivity index (χ1) is 12.2. The lowest BCUT2D eigenvalue weighted by atomic mass is 10.2. The van der Waals surface area contributed by atoms with Gasteiger partial charge in [0.1, 0.15) is 22.4 Å². The predicted molar refractivity (Wildman–Crippen MR) is 105 cm³/mol. The first-order valence-corrected chi connectivity index (χ1v) is 9.09. The molecule has 0 aliphatic carbocycles. The molecule has 1 heterocycles. The van der Waals surface area contributed by atoms with Crippen LogP contribution in [0, 0.1) is 11.3 Å². The molecule has 124 valence electrons. The molecule has 3 aromatic rings. The van der Waals surface area contributed by atoms with E-state index in [9.17, 15) is 5.26 Å². The molecule has 0 amide bonds. The molecule has 0 bridgehead atoms. The summed E-state index contributed by atoms with van der Waals surface area (Å²) in [6.07, 6.45) is 1.66. The van der Waals surface area contributed by atoms with Crippen LogP contribution in [-0.2, 0) is 0 Å². The van der Waals surface area contributed by atoms with Crippen LogP contribution in [0.1, 0.15) is 5.01 Å². The highest BCUT2D eigenvalue weighted by Crippen LogP contribution is 2.28. The zero-order chi connectivity index (χ0) is 17.6. The van der Waals surface area contributed by atoms with E-state index in [4.69, 9.17) is 4.74 Å². The molecule has 3 rings (SSSR count). The molecule has 0 fully saturated rings. The summed E-state index contributed by atoms with van der Waals surface area (Å²) in [5.74, 6) is 0.753. The van der Waals surface area contributed by atoms with Crippen LogP contribution in [0.3, 0.4) is 0 Å². The molecule has 0 saturated carbocycles. The van der Waals surface area contributed by atoms with Crippen molar-refractivity contribution in [2.24, 2.45) is 0 Å². The lowest BCUT2D eigenvalue weighted by molar-refractivity contribution is 0.415. The second-order valence-electron chi connectivity index (χ2n) is 5.09. The standard InChI is InChI=1S/C19H14BrN3OS/c1-24-17-7-3-6-16(9-17)22-11-14(10-21)19-23-18(12-25-19)13-4-2-5-15(20)8-13/h2-9,11-12,22H,1H3/b14-11+. The topological polar surface area (TPSA) is 57.9 Å². The number of benzene rings is 2. The largest absolute Gasteiger partial charge is 0.497 e. The third kappa shape index (κ3) is 4.27. The number of halogens is 1. The van der Waals surface area contributed by atoms with Crippen molar-refractivity contribution < 1.29 is 4.74 Å². The number of aromatic nitrogens is 1. The summed E-state index contributed by atoms with van der Waals surface area (Å²) in [5, 5.41) is 15.2. The van der Waals surface area contributed by atoms with Crippen molar-refractivity contribution in [2.75, 3.05) is 12.4 Å². The van der Waals surface area contributed by atoms with Gasteiger partial charge in [-0.2, -0.15) is 5.26 Å². The van der Waals surface area contributed by atoms with Crippen LogP contribution in [-0.4, -0.2) is 12.1 Å². The van der Waals surface area contributed by atoms with Gasteiger partial charge in [0.2, 0.25) is 0 Å². The van der Waals surface area contributed by atoms with Gasteiger partial charge >= 0.3 is 0 Å². The number of rotatable bonds is 5. The summed E-state index contributed by atoms with van der Waals surface area (Å²) in [6, 6.07) is 17.6. The lowest BCUT2D eigenvalue weighted by Gasteiger charge is -2.04. The number of thiazole rings is 1. The van der Waals surface area contributed by atoms with E-state index in [2.05, 4.69) is 32.3 Å². The predicted octanol–water partition coefficient (Wildman–Crippen LogP) is 5.56. The van der Waals surface area contributed by atoms with Gasteiger partial charge in [-0.3, -0.25) is 0 Å². The Hall–Kier alpha value is -2.62. The smallest absolute Gasteiger partial charge is 0.136 e. The van der Waals surface area contributed by atoms with Crippen LogP contribution in [0.5, 0.6) is 5.75 Å². The number of hydrogen-bond acceptors (Lipinski definition) is 5. The molecule has 25 heavy (non-hydrogen) atoms. The van der Waals surface area contributed by atoms with E-state index in [0.717, 1.165) is 27.2 Å². The molecule has 0 saturated heterocycles. The summed E-state index contributed by atoms with van der Waals surface area (Å²) in [4.78, 5) is 4.58. The van der Waals surface area contributed by atoms with Gasteiger partial charge in [0, 0.05) is 33.4 Å². The van der Waals surface area contributed by atoms with Crippen LogP contribution < -0.4 is 10.1 Å². The molecule has 0 radical (unpaired) electrons. The maximum absolute atomic E-state index is 9.46. The zero-order valence-corrected chi connectivity index (χ0v) is 15.8. The minimum atomic E-state index is 0.481. The fourth-order valence-corrected chi connectivity index (χ4v) is 3.38. The Morgan fingerprint density at radius 2 is 2.12 bits per heavy atom. The second kappa shape index (κ2) is 7.97. The van der Waals surface area contributed by atoms with Crippen molar-refractivity contribution in [3.8, 4) is 23.1 Å². The Labute approximate surface area is 158 Å². The highest BCUT2D eigenvalue weighted by Gasteiger charge is 2.09. The van der Waals surface area contributed by atoms with Gasteiger partial charge in [-0.05, 0) is 24.3 Å². The van der Waals surface area contributed by atoms with E-state index in [1.807, 2.05) is 53.9 Å². The van der Waals surface area contributed by atoms with E-state index in [1.165, 1.54) is 11.3 Å². The van der Waals surface area contributed by atoms with Crippen LogP contribution in [0.2, 0.25) is 0 Å². The molecule has 0 aliphatic rings. The molecule has 2 aromatic carbocycles. The maximum atomic E-state index is 9.46.